The Morgan fingerprint density at radius 3 is 2.52 bits per heavy atom. The van der Waals surface area contributed by atoms with Crippen LogP contribution in [0.1, 0.15) is 37.2 Å². The summed E-state index contributed by atoms with van der Waals surface area (Å²) in [6.45, 7) is 9.66. The summed E-state index contributed by atoms with van der Waals surface area (Å²) in [7, 11) is 0. The number of halogens is 2. The van der Waals surface area contributed by atoms with Gasteiger partial charge in [0.05, 0.1) is 17.8 Å². The highest BCUT2D eigenvalue weighted by molar-refractivity contribution is 6.30. The van der Waals surface area contributed by atoms with Gasteiger partial charge in [-0.05, 0) is 49.9 Å². The van der Waals surface area contributed by atoms with Crippen molar-refractivity contribution in [2.45, 2.75) is 46.6 Å². The van der Waals surface area contributed by atoms with E-state index in [1.807, 2.05) is 47.7 Å². The van der Waals surface area contributed by atoms with E-state index in [4.69, 9.17) is 17.3 Å². The van der Waals surface area contributed by atoms with Gasteiger partial charge in [0.25, 0.3) is 0 Å². The molecule has 2 N–H and O–H groups in total. The van der Waals surface area contributed by atoms with Gasteiger partial charge in [-0.2, -0.15) is 5.10 Å². The molecule has 0 saturated carbocycles. The minimum Gasteiger partial charge on any atom is -0.342 e. The number of nitrogens with two attached hydrogens (primary N) is 1. The number of aromatic nitrogens is 2. The Bertz CT molecular complexity index is 814. The van der Waals surface area contributed by atoms with Gasteiger partial charge in [0.2, 0.25) is 5.91 Å². The minimum atomic E-state index is -0.0501. The maximum Gasteiger partial charge on any atom is 0.227 e. The van der Waals surface area contributed by atoms with Crippen LogP contribution in [0.2, 0.25) is 5.02 Å². The number of carbonyl (C=O) groups is 1. The highest BCUT2D eigenvalue weighted by atomic mass is 35.5. The highest BCUT2D eigenvalue weighted by Crippen LogP contribution is 2.28. The van der Waals surface area contributed by atoms with E-state index in [1.54, 1.807) is 0 Å². The molecule has 2 heterocycles. The van der Waals surface area contributed by atoms with Crippen LogP contribution >= 0.6 is 24.0 Å². The van der Waals surface area contributed by atoms with Crippen molar-refractivity contribution < 1.29 is 4.79 Å². The average molecular weight is 411 g/mol. The summed E-state index contributed by atoms with van der Waals surface area (Å²) in [5, 5.41) is 5.32. The van der Waals surface area contributed by atoms with Crippen molar-refractivity contribution in [1.82, 2.24) is 14.7 Å². The van der Waals surface area contributed by atoms with Crippen LogP contribution in [0.5, 0.6) is 0 Å². The molecule has 1 fully saturated rings. The van der Waals surface area contributed by atoms with E-state index in [9.17, 15) is 4.79 Å². The number of hydrogen-bond acceptors (Lipinski definition) is 3. The molecule has 0 aliphatic carbocycles. The lowest BCUT2D eigenvalue weighted by atomic mass is 9.79. The van der Waals surface area contributed by atoms with E-state index in [1.165, 1.54) is 0 Å². The van der Waals surface area contributed by atoms with Crippen molar-refractivity contribution in [3.05, 3.63) is 46.2 Å². The second-order valence-electron chi connectivity index (χ2n) is 7.91. The summed E-state index contributed by atoms with van der Waals surface area (Å²) in [6.07, 6.45) is 1.22. The molecule has 1 amide bonds. The first-order valence-electron chi connectivity index (χ1n) is 9.03. The van der Waals surface area contributed by atoms with Gasteiger partial charge in [-0.25, -0.2) is 4.68 Å². The van der Waals surface area contributed by atoms with Crippen LogP contribution in [-0.4, -0.2) is 39.7 Å². The summed E-state index contributed by atoms with van der Waals surface area (Å²) in [4.78, 5) is 14.8. The lowest BCUT2D eigenvalue weighted by Crippen LogP contribution is -2.54. The third kappa shape index (κ3) is 4.48. The van der Waals surface area contributed by atoms with Gasteiger partial charge in [0.1, 0.15) is 0 Å². The van der Waals surface area contributed by atoms with Gasteiger partial charge in [0.15, 0.2) is 0 Å². The Hall–Kier alpha value is -1.56. The Morgan fingerprint density at radius 1 is 1.30 bits per heavy atom. The number of rotatable bonds is 3. The predicted octanol–water partition coefficient (Wildman–Crippen LogP) is 3.69. The molecule has 1 unspecified atom stereocenters. The quantitative estimate of drug-likeness (QED) is 0.838. The van der Waals surface area contributed by atoms with Crippen LogP contribution < -0.4 is 5.73 Å². The van der Waals surface area contributed by atoms with Crippen LogP contribution in [0.3, 0.4) is 0 Å². The SMILES string of the molecule is Cc1nn(-c2ccc(Cl)cc2)c(C)c1CC(=O)N1CCC(N)C(C)(C)C1.Cl. The van der Waals surface area contributed by atoms with Gasteiger partial charge in [-0.1, -0.05) is 25.4 Å². The first kappa shape index (κ1) is 21.7. The maximum atomic E-state index is 12.9. The van der Waals surface area contributed by atoms with Crippen LogP contribution in [-0.2, 0) is 11.2 Å². The first-order valence-corrected chi connectivity index (χ1v) is 9.41. The van der Waals surface area contributed by atoms with Crippen molar-refractivity contribution in [2.24, 2.45) is 11.1 Å². The molecular weight excluding hydrogens is 383 g/mol. The third-order valence-corrected chi connectivity index (χ3v) is 5.76. The predicted molar refractivity (Wildman–Crippen MR) is 112 cm³/mol. The number of aryl methyl sites for hydroxylation is 1. The molecule has 0 spiro atoms. The number of amides is 1. The number of benzene rings is 1. The van der Waals surface area contributed by atoms with Crippen molar-refractivity contribution >= 4 is 29.9 Å². The summed E-state index contributed by atoms with van der Waals surface area (Å²) >= 11 is 5.97. The lowest BCUT2D eigenvalue weighted by Gasteiger charge is -2.42. The molecule has 2 aromatic rings. The molecule has 0 bridgehead atoms. The Labute approximate surface area is 172 Å². The number of piperidine rings is 1. The molecule has 148 valence electrons. The van der Waals surface area contributed by atoms with E-state index < -0.39 is 0 Å². The molecule has 27 heavy (non-hydrogen) atoms. The summed E-state index contributed by atoms with van der Waals surface area (Å²) in [5.41, 5.74) is 9.96. The maximum absolute atomic E-state index is 12.9. The number of carbonyl (C=O) groups excluding carboxylic acids is 1. The molecule has 0 radical (unpaired) electrons. The van der Waals surface area contributed by atoms with Gasteiger partial charge in [0, 0.05) is 35.4 Å². The Morgan fingerprint density at radius 2 is 1.93 bits per heavy atom. The third-order valence-electron chi connectivity index (χ3n) is 5.51. The molecule has 1 aromatic heterocycles. The largest absolute Gasteiger partial charge is 0.342 e. The van der Waals surface area contributed by atoms with Crippen molar-refractivity contribution in [1.29, 1.82) is 0 Å². The standard InChI is InChI=1S/C20H27ClN4O.ClH/c1-13-17(11-19(26)24-10-9-18(22)20(3,4)12-24)14(2)25(23-13)16-7-5-15(21)6-8-16;/h5-8,18H,9-12,22H2,1-4H3;1H. The van der Waals surface area contributed by atoms with Crippen LogP contribution in [0.4, 0.5) is 0 Å². The average Bonchev–Trinajstić information content (AvgIpc) is 2.86. The van der Waals surface area contributed by atoms with Crippen LogP contribution in [0, 0.1) is 19.3 Å². The number of likely N-dealkylation sites (tertiary alicyclic amines) is 1. The smallest absolute Gasteiger partial charge is 0.227 e. The molecule has 3 rings (SSSR count). The fraction of sp³-hybridized carbons (Fsp3) is 0.500. The van der Waals surface area contributed by atoms with E-state index in [-0.39, 0.29) is 29.8 Å². The Kier molecular flexibility index (Phi) is 6.61. The summed E-state index contributed by atoms with van der Waals surface area (Å²) in [6, 6.07) is 7.70. The highest BCUT2D eigenvalue weighted by Gasteiger charge is 2.35. The van der Waals surface area contributed by atoms with Crippen LogP contribution in [0.15, 0.2) is 24.3 Å². The Balaban J connectivity index is 0.00000261. The van der Waals surface area contributed by atoms with Gasteiger partial charge in [-0.15, -0.1) is 12.4 Å². The lowest BCUT2D eigenvalue weighted by molar-refractivity contribution is -0.133. The zero-order valence-electron chi connectivity index (χ0n) is 16.3. The van der Waals surface area contributed by atoms with Gasteiger partial charge >= 0.3 is 0 Å². The monoisotopic (exact) mass is 410 g/mol. The number of nitrogens with zero attached hydrogens (tertiary/aromatic N) is 3. The second kappa shape index (κ2) is 8.21. The topological polar surface area (TPSA) is 64.2 Å². The van der Waals surface area contributed by atoms with Gasteiger partial charge in [-0.3, -0.25) is 4.79 Å². The van der Waals surface area contributed by atoms with E-state index in [0.717, 1.165) is 35.6 Å². The fourth-order valence-electron chi connectivity index (χ4n) is 3.61. The molecular formula is C20H28Cl2N4O. The van der Waals surface area contributed by atoms with Crippen molar-refractivity contribution in [2.75, 3.05) is 13.1 Å². The molecule has 7 heteroatoms. The van der Waals surface area contributed by atoms with E-state index in [0.29, 0.717) is 18.0 Å². The number of hydrogen-bond donors (Lipinski definition) is 1. The van der Waals surface area contributed by atoms with Crippen molar-refractivity contribution in [3.8, 4) is 5.69 Å². The molecule has 1 atom stereocenters. The molecule has 1 aliphatic heterocycles. The normalized spacial score (nSPS) is 18.9. The first-order chi connectivity index (χ1) is 12.2. The minimum absolute atomic E-state index is 0. The summed E-state index contributed by atoms with van der Waals surface area (Å²) < 4.78 is 1.88. The summed E-state index contributed by atoms with van der Waals surface area (Å²) in [5.74, 6) is 0.145. The van der Waals surface area contributed by atoms with E-state index >= 15 is 0 Å². The van der Waals surface area contributed by atoms with Crippen LogP contribution in [0.25, 0.3) is 5.69 Å². The molecule has 1 saturated heterocycles. The van der Waals surface area contributed by atoms with Crippen molar-refractivity contribution in [3.63, 3.8) is 0 Å². The van der Waals surface area contributed by atoms with Gasteiger partial charge < -0.3 is 10.6 Å². The fourth-order valence-corrected chi connectivity index (χ4v) is 3.74. The zero-order valence-corrected chi connectivity index (χ0v) is 17.9. The zero-order chi connectivity index (χ0) is 19.1. The van der Waals surface area contributed by atoms with E-state index in [2.05, 4.69) is 18.9 Å². The molecule has 1 aromatic carbocycles. The molecule has 1 aliphatic rings. The molecule has 5 nitrogen and oxygen atoms in total. The second-order valence-corrected chi connectivity index (χ2v) is 8.35.